The highest BCUT2D eigenvalue weighted by molar-refractivity contribution is 6.36. The number of nitrogens with zero attached hydrogens (tertiary/aromatic N) is 2. The average molecular weight is 417 g/mol. The van der Waals surface area contributed by atoms with E-state index in [0.29, 0.717) is 48.1 Å². The van der Waals surface area contributed by atoms with E-state index in [9.17, 15) is 9.59 Å². The number of benzene rings is 2. The normalized spacial score (nSPS) is 17.4. The van der Waals surface area contributed by atoms with Gasteiger partial charge < -0.3 is 9.80 Å². The van der Waals surface area contributed by atoms with E-state index in [1.807, 2.05) is 11.0 Å². The molecule has 2 aliphatic heterocycles. The Balaban J connectivity index is 1.36. The van der Waals surface area contributed by atoms with Gasteiger partial charge in [-0.2, -0.15) is 0 Å². The van der Waals surface area contributed by atoms with E-state index in [1.165, 1.54) is 11.1 Å². The Bertz CT molecular complexity index is 907. The van der Waals surface area contributed by atoms with E-state index in [2.05, 4.69) is 18.2 Å². The number of halogens is 2. The lowest BCUT2D eigenvalue weighted by atomic mass is 9.92. The molecule has 2 amide bonds. The fourth-order valence-electron chi connectivity index (χ4n) is 4.10. The van der Waals surface area contributed by atoms with E-state index in [4.69, 9.17) is 23.2 Å². The lowest BCUT2D eigenvalue weighted by molar-refractivity contribution is -0.137. The first kappa shape index (κ1) is 19.3. The third kappa shape index (κ3) is 3.89. The number of rotatable bonds is 2. The predicted molar refractivity (Wildman–Crippen MR) is 111 cm³/mol. The quantitative estimate of drug-likeness (QED) is 0.726. The molecule has 6 heteroatoms. The Morgan fingerprint density at radius 2 is 1.61 bits per heavy atom. The third-order valence-corrected chi connectivity index (χ3v) is 6.28. The zero-order chi connectivity index (χ0) is 19.7. The SMILES string of the molecule is O=C(c1ccc(Cl)cc1Cl)N1CCC(C(=O)N2CCc3ccccc3C2)CC1. The van der Waals surface area contributed by atoms with Crippen molar-refractivity contribution in [3.05, 3.63) is 69.2 Å². The molecule has 1 saturated heterocycles. The van der Waals surface area contributed by atoms with Crippen LogP contribution in [-0.2, 0) is 17.8 Å². The minimum absolute atomic E-state index is 0.0185. The van der Waals surface area contributed by atoms with Crippen molar-refractivity contribution in [2.75, 3.05) is 19.6 Å². The molecule has 0 aromatic heterocycles. The van der Waals surface area contributed by atoms with Crippen LogP contribution in [0.2, 0.25) is 10.0 Å². The zero-order valence-corrected chi connectivity index (χ0v) is 17.0. The minimum atomic E-state index is -0.0977. The molecular formula is C22H22Cl2N2O2. The molecule has 0 saturated carbocycles. The van der Waals surface area contributed by atoms with Crippen molar-refractivity contribution in [2.45, 2.75) is 25.8 Å². The molecule has 28 heavy (non-hydrogen) atoms. The first-order valence-electron chi connectivity index (χ1n) is 9.63. The minimum Gasteiger partial charge on any atom is -0.339 e. The van der Waals surface area contributed by atoms with Gasteiger partial charge in [0.15, 0.2) is 0 Å². The molecule has 1 fully saturated rings. The second-order valence-corrected chi connectivity index (χ2v) is 8.31. The van der Waals surface area contributed by atoms with Gasteiger partial charge in [0.2, 0.25) is 5.91 Å². The number of fused-ring (bicyclic) bond motifs is 1. The summed E-state index contributed by atoms with van der Waals surface area (Å²) in [5.74, 6) is 0.0978. The molecule has 0 atom stereocenters. The highest BCUT2D eigenvalue weighted by atomic mass is 35.5. The smallest absolute Gasteiger partial charge is 0.255 e. The van der Waals surface area contributed by atoms with Crippen molar-refractivity contribution in [1.29, 1.82) is 0 Å². The van der Waals surface area contributed by atoms with Crippen molar-refractivity contribution < 1.29 is 9.59 Å². The summed E-state index contributed by atoms with van der Waals surface area (Å²) in [6.45, 7) is 2.60. The molecule has 2 aliphatic rings. The molecule has 0 bridgehead atoms. The standard InChI is InChI=1S/C22H22Cl2N2O2/c23-18-5-6-19(20(24)13-18)22(28)25-10-8-16(9-11-25)21(27)26-12-7-15-3-1-2-4-17(15)14-26/h1-6,13,16H,7-12,14H2. The summed E-state index contributed by atoms with van der Waals surface area (Å²) in [5, 5.41) is 0.872. The predicted octanol–water partition coefficient (Wildman–Crippen LogP) is 4.43. The van der Waals surface area contributed by atoms with E-state index in [0.717, 1.165) is 13.0 Å². The molecular weight excluding hydrogens is 395 g/mol. The maximum absolute atomic E-state index is 13.0. The topological polar surface area (TPSA) is 40.6 Å². The van der Waals surface area contributed by atoms with Gasteiger partial charge >= 0.3 is 0 Å². The fourth-order valence-corrected chi connectivity index (χ4v) is 4.59. The van der Waals surface area contributed by atoms with Crippen molar-refractivity contribution >= 4 is 35.0 Å². The van der Waals surface area contributed by atoms with E-state index < -0.39 is 0 Å². The van der Waals surface area contributed by atoms with Crippen LogP contribution in [0.1, 0.15) is 34.3 Å². The van der Waals surface area contributed by atoms with Gasteiger partial charge in [0.05, 0.1) is 10.6 Å². The Labute approximate surface area is 175 Å². The molecule has 0 N–H and O–H groups in total. The maximum atomic E-state index is 13.0. The van der Waals surface area contributed by atoms with Crippen LogP contribution in [-0.4, -0.2) is 41.2 Å². The van der Waals surface area contributed by atoms with Crippen molar-refractivity contribution in [3.63, 3.8) is 0 Å². The first-order valence-corrected chi connectivity index (χ1v) is 10.4. The number of carbonyl (C=O) groups excluding carboxylic acids is 2. The van der Waals surface area contributed by atoms with Crippen LogP contribution >= 0.6 is 23.2 Å². The Morgan fingerprint density at radius 1 is 0.893 bits per heavy atom. The second kappa shape index (κ2) is 8.14. The largest absolute Gasteiger partial charge is 0.339 e. The van der Waals surface area contributed by atoms with Crippen LogP contribution in [0.5, 0.6) is 0 Å². The summed E-state index contributed by atoms with van der Waals surface area (Å²) in [7, 11) is 0. The molecule has 0 aliphatic carbocycles. The average Bonchev–Trinajstić information content (AvgIpc) is 2.72. The first-order chi connectivity index (χ1) is 13.5. The maximum Gasteiger partial charge on any atom is 0.255 e. The van der Waals surface area contributed by atoms with Gasteiger partial charge in [-0.05, 0) is 48.6 Å². The summed E-state index contributed by atoms with van der Waals surface area (Å²) in [4.78, 5) is 29.5. The molecule has 146 valence electrons. The van der Waals surface area contributed by atoms with Gasteiger partial charge in [-0.3, -0.25) is 9.59 Å². The molecule has 4 nitrogen and oxygen atoms in total. The number of piperidine rings is 1. The summed E-state index contributed by atoms with van der Waals surface area (Å²) in [6.07, 6.45) is 2.29. The third-order valence-electron chi connectivity index (χ3n) is 5.74. The monoisotopic (exact) mass is 416 g/mol. The van der Waals surface area contributed by atoms with Gasteiger partial charge in [-0.25, -0.2) is 0 Å². The van der Waals surface area contributed by atoms with Crippen LogP contribution in [0.25, 0.3) is 0 Å². The molecule has 2 aromatic carbocycles. The van der Waals surface area contributed by atoms with Crippen molar-refractivity contribution in [1.82, 2.24) is 9.80 Å². The number of hydrogen-bond donors (Lipinski definition) is 0. The zero-order valence-electron chi connectivity index (χ0n) is 15.5. The highest BCUT2D eigenvalue weighted by Crippen LogP contribution is 2.27. The van der Waals surface area contributed by atoms with Crippen LogP contribution in [0.4, 0.5) is 0 Å². The number of amides is 2. The highest BCUT2D eigenvalue weighted by Gasteiger charge is 2.32. The van der Waals surface area contributed by atoms with Crippen LogP contribution in [0, 0.1) is 5.92 Å². The molecule has 4 rings (SSSR count). The molecule has 0 spiro atoms. The summed E-state index contributed by atoms with van der Waals surface area (Å²) < 4.78 is 0. The van der Waals surface area contributed by atoms with Gasteiger partial charge in [0.1, 0.15) is 0 Å². The number of carbonyl (C=O) groups is 2. The van der Waals surface area contributed by atoms with Crippen LogP contribution in [0.3, 0.4) is 0 Å². The van der Waals surface area contributed by atoms with E-state index >= 15 is 0 Å². The van der Waals surface area contributed by atoms with Crippen LogP contribution < -0.4 is 0 Å². The van der Waals surface area contributed by atoms with E-state index in [-0.39, 0.29) is 17.7 Å². The molecule has 0 radical (unpaired) electrons. The van der Waals surface area contributed by atoms with Gasteiger partial charge in [0, 0.05) is 37.1 Å². The lowest BCUT2D eigenvalue weighted by Gasteiger charge is -2.36. The summed E-state index contributed by atoms with van der Waals surface area (Å²) in [6, 6.07) is 13.2. The van der Waals surface area contributed by atoms with Gasteiger partial charge in [-0.1, -0.05) is 47.5 Å². The number of hydrogen-bond acceptors (Lipinski definition) is 2. The van der Waals surface area contributed by atoms with Gasteiger partial charge in [0.25, 0.3) is 5.91 Å². The molecule has 2 heterocycles. The second-order valence-electron chi connectivity index (χ2n) is 7.47. The lowest BCUT2D eigenvalue weighted by Crippen LogP contribution is -2.45. The molecule has 2 aromatic rings. The number of likely N-dealkylation sites (tertiary alicyclic amines) is 1. The van der Waals surface area contributed by atoms with Crippen molar-refractivity contribution in [3.8, 4) is 0 Å². The van der Waals surface area contributed by atoms with Crippen LogP contribution in [0.15, 0.2) is 42.5 Å². The Kier molecular flexibility index (Phi) is 5.61. The van der Waals surface area contributed by atoms with E-state index in [1.54, 1.807) is 23.1 Å². The summed E-state index contributed by atoms with van der Waals surface area (Å²) >= 11 is 12.1. The van der Waals surface area contributed by atoms with Crippen molar-refractivity contribution in [2.24, 2.45) is 5.92 Å². The Morgan fingerprint density at radius 3 is 2.32 bits per heavy atom. The summed E-state index contributed by atoms with van der Waals surface area (Å²) in [5.41, 5.74) is 3.04. The Hall–Kier alpha value is -2.04. The molecule has 0 unspecified atom stereocenters. The van der Waals surface area contributed by atoms with Gasteiger partial charge in [-0.15, -0.1) is 0 Å². The fraction of sp³-hybridized carbons (Fsp3) is 0.364.